The lowest BCUT2D eigenvalue weighted by molar-refractivity contribution is 0.0940. The second kappa shape index (κ2) is 10.4. The second-order valence-electron chi connectivity index (χ2n) is 9.92. The number of methoxy groups -OCH3 is 1. The molecule has 0 unspecified atom stereocenters. The minimum Gasteiger partial charge on any atom is -0.503 e. The SMILES string of the molecule is COc1cc(-c2ccc3ncc(C(=O)C(C)C)c(NC4CCC(N(C)C)CC4)c3c2)cc(Cl)c1O. The Morgan fingerprint density at radius 3 is 2.49 bits per heavy atom. The number of phenolic OH excluding ortho intramolecular Hbond substituents is 1. The molecule has 1 aliphatic carbocycles. The quantitative estimate of drug-likeness (QED) is 0.370. The number of carbonyl (C=O) groups excluding carboxylic acids is 1. The summed E-state index contributed by atoms with van der Waals surface area (Å²) in [4.78, 5) is 20.1. The summed E-state index contributed by atoms with van der Waals surface area (Å²) in [6, 6.07) is 10.3. The first-order valence-electron chi connectivity index (χ1n) is 12.2. The summed E-state index contributed by atoms with van der Waals surface area (Å²) >= 11 is 6.26. The van der Waals surface area contributed by atoms with Gasteiger partial charge >= 0.3 is 0 Å². The van der Waals surface area contributed by atoms with Crippen molar-refractivity contribution in [3.63, 3.8) is 0 Å². The van der Waals surface area contributed by atoms with Crippen LogP contribution in [0.1, 0.15) is 49.9 Å². The third-order valence-electron chi connectivity index (χ3n) is 7.01. The summed E-state index contributed by atoms with van der Waals surface area (Å²) in [6.45, 7) is 3.83. The lowest BCUT2D eigenvalue weighted by Crippen LogP contribution is -2.36. The van der Waals surface area contributed by atoms with Gasteiger partial charge in [0.05, 0.1) is 28.9 Å². The maximum absolute atomic E-state index is 13.2. The number of benzene rings is 2. The average molecular weight is 496 g/mol. The normalized spacial score (nSPS) is 18.3. The highest BCUT2D eigenvalue weighted by Crippen LogP contribution is 2.40. The van der Waals surface area contributed by atoms with E-state index < -0.39 is 0 Å². The maximum atomic E-state index is 13.2. The Hall–Kier alpha value is -2.83. The standard InChI is InChI=1S/C28H34ClN3O3/c1-16(2)27(33)22-15-30-24-11-6-17(18-13-23(29)28(34)25(14-18)35-5)12-21(24)26(22)31-19-7-9-20(10-8-19)32(3)4/h6,11-16,19-20,34H,7-10H2,1-5H3,(H,30,31). The number of aromatic hydroxyl groups is 1. The second-order valence-corrected chi connectivity index (χ2v) is 10.3. The van der Waals surface area contributed by atoms with Crippen LogP contribution in [-0.4, -0.2) is 54.1 Å². The Morgan fingerprint density at radius 1 is 1.14 bits per heavy atom. The number of ketones is 1. The lowest BCUT2D eigenvalue weighted by Gasteiger charge is -2.34. The number of anilines is 1. The number of rotatable bonds is 7. The molecule has 6 nitrogen and oxygen atoms in total. The molecule has 1 aromatic heterocycles. The number of ether oxygens (including phenoxy) is 1. The van der Waals surface area contributed by atoms with E-state index in [1.807, 2.05) is 32.0 Å². The highest BCUT2D eigenvalue weighted by Gasteiger charge is 2.25. The Labute approximate surface area is 212 Å². The van der Waals surface area contributed by atoms with Crippen LogP contribution < -0.4 is 10.1 Å². The van der Waals surface area contributed by atoms with Crippen LogP contribution in [-0.2, 0) is 0 Å². The fraction of sp³-hybridized carbons (Fsp3) is 0.429. The van der Waals surface area contributed by atoms with Gasteiger partial charge in [0.25, 0.3) is 0 Å². The van der Waals surface area contributed by atoms with Crippen molar-refractivity contribution in [3.05, 3.63) is 47.1 Å². The van der Waals surface area contributed by atoms with Crippen LogP contribution in [0.4, 0.5) is 5.69 Å². The molecule has 0 bridgehead atoms. The first-order valence-corrected chi connectivity index (χ1v) is 12.5. The van der Waals surface area contributed by atoms with Gasteiger partial charge in [-0.05, 0) is 75.2 Å². The number of hydrogen-bond acceptors (Lipinski definition) is 6. The third kappa shape index (κ3) is 5.24. The van der Waals surface area contributed by atoms with Crippen LogP contribution >= 0.6 is 11.6 Å². The van der Waals surface area contributed by atoms with E-state index in [4.69, 9.17) is 16.3 Å². The predicted octanol–water partition coefficient (Wildman–Crippen LogP) is 6.39. The van der Waals surface area contributed by atoms with Gasteiger partial charge in [0.1, 0.15) is 0 Å². The van der Waals surface area contributed by atoms with E-state index in [1.165, 1.54) is 7.11 Å². The Bertz CT molecular complexity index is 1230. The number of fused-ring (bicyclic) bond motifs is 1. The monoisotopic (exact) mass is 495 g/mol. The van der Waals surface area contributed by atoms with Gasteiger partial charge in [-0.25, -0.2) is 0 Å². The zero-order chi connectivity index (χ0) is 25.3. The molecular weight excluding hydrogens is 462 g/mol. The van der Waals surface area contributed by atoms with Crippen LogP contribution in [0.2, 0.25) is 5.02 Å². The van der Waals surface area contributed by atoms with Crippen molar-refractivity contribution in [3.8, 4) is 22.6 Å². The molecule has 3 aromatic rings. The van der Waals surface area contributed by atoms with E-state index in [0.717, 1.165) is 53.4 Å². The molecular formula is C28H34ClN3O3. The molecule has 0 aliphatic heterocycles. The van der Waals surface area contributed by atoms with Crippen LogP contribution in [0.25, 0.3) is 22.0 Å². The van der Waals surface area contributed by atoms with Crippen molar-refractivity contribution < 1.29 is 14.6 Å². The van der Waals surface area contributed by atoms with Crippen molar-refractivity contribution >= 4 is 34.0 Å². The zero-order valence-electron chi connectivity index (χ0n) is 21.1. The third-order valence-corrected chi connectivity index (χ3v) is 7.30. The minimum atomic E-state index is -0.136. The minimum absolute atomic E-state index is 0.0728. The molecule has 0 saturated heterocycles. The number of halogens is 1. The maximum Gasteiger partial charge on any atom is 0.176 e. The fourth-order valence-corrected chi connectivity index (χ4v) is 5.07. The molecule has 2 N–H and O–H groups in total. The molecule has 1 saturated carbocycles. The van der Waals surface area contributed by atoms with Crippen molar-refractivity contribution in [1.29, 1.82) is 0 Å². The molecule has 2 aromatic carbocycles. The molecule has 0 radical (unpaired) electrons. The molecule has 35 heavy (non-hydrogen) atoms. The number of nitrogens with zero attached hydrogens (tertiary/aromatic N) is 2. The molecule has 0 spiro atoms. The number of nitrogens with one attached hydrogen (secondary N) is 1. The Kier molecular flexibility index (Phi) is 7.53. The van der Waals surface area contributed by atoms with E-state index in [0.29, 0.717) is 23.4 Å². The summed E-state index contributed by atoms with van der Waals surface area (Å²) in [6.07, 6.45) is 6.05. The van der Waals surface area contributed by atoms with Gasteiger partial charge in [0, 0.05) is 29.6 Å². The van der Waals surface area contributed by atoms with Crippen LogP contribution in [0, 0.1) is 5.92 Å². The first kappa shape index (κ1) is 25.3. The summed E-state index contributed by atoms with van der Waals surface area (Å²) in [5.41, 5.74) is 3.99. The zero-order valence-corrected chi connectivity index (χ0v) is 21.8. The van der Waals surface area contributed by atoms with E-state index in [-0.39, 0.29) is 22.5 Å². The largest absolute Gasteiger partial charge is 0.503 e. The van der Waals surface area contributed by atoms with Crippen molar-refractivity contribution in [1.82, 2.24) is 9.88 Å². The summed E-state index contributed by atoms with van der Waals surface area (Å²) < 4.78 is 5.29. The van der Waals surface area contributed by atoms with Gasteiger partial charge in [0.15, 0.2) is 17.3 Å². The number of hydrogen-bond donors (Lipinski definition) is 2. The van der Waals surface area contributed by atoms with E-state index >= 15 is 0 Å². The fourth-order valence-electron chi connectivity index (χ4n) is 4.86. The van der Waals surface area contributed by atoms with Gasteiger partial charge in [0.2, 0.25) is 0 Å². The van der Waals surface area contributed by atoms with Gasteiger partial charge < -0.3 is 20.1 Å². The van der Waals surface area contributed by atoms with Crippen molar-refractivity contribution in [2.45, 2.75) is 51.6 Å². The summed E-state index contributed by atoms with van der Waals surface area (Å²) in [5.74, 6) is 0.164. The number of aromatic nitrogens is 1. The van der Waals surface area contributed by atoms with Crippen molar-refractivity contribution in [2.75, 3.05) is 26.5 Å². The molecule has 1 aliphatic rings. The van der Waals surface area contributed by atoms with E-state index in [1.54, 1.807) is 18.3 Å². The highest BCUT2D eigenvalue weighted by molar-refractivity contribution is 6.32. The van der Waals surface area contributed by atoms with E-state index in [2.05, 4.69) is 29.3 Å². The van der Waals surface area contributed by atoms with Gasteiger partial charge in [-0.3, -0.25) is 9.78 Å². The topological polar surface area (TPSA) is 74.7 Å². The first-order chi connectivity index (χ1) is 16.7. The number of carbonyl (C=O) groups is 1. The van der Waals surface area contributed by atoms with Gasteiger partial charge in [-0.15, -0.1) is 0 Å². The molecule has 1 fully saturated rings. The van der Waals surface area contributed by atoms with E-state index in [9.17, 15) is 9.90 Å². The average Bonchev–Trinajstić information content (AvgIpc) is 2.85. The summed E-state index contributed by atoms with van der Waals surface area (Å²) in [5, 5.41) is 15.0. The number of Topliss-reactive ketones (excluding diaryl/α,β-unsaturated/α-hetero) is 1. The van der Waals surface area contributed by atoms with Crippen LogP contribution in [0.3, 0.4) is 0 Å². The summed E-state index contributed by atoms with van der Waals surface area (Å²) in [7, 11) is 5.77. The number of phenols is 1. The molecule has 186 valence electrons. The van der Waals surface area contributed by atoms with Gasteiger partial charge in [-0.1, -0.05) is 31.5 Å². The lowest BCUT2D eigenvalue weighted by atomic mass is 9.89. The predicted molar refractivity (Wildman–Crippen MR) is 143 cm³/mol. The van der Waals surface area contributed by atoms with Crippen LogP contribution in [0.15, 0.2) is 36.5 Å². The van der Waals surface area contributed by atoms with Crippen molar-refractivity contribution in [2.24, 2.45) is 5.92 Å². The molecule has 0 amide bonds. The molecule has 0 atom stereocenters. The molecule has 4 rings (SSSR count). The van der Waals surface area contributed by atoms with Gasteiger partial charge in [-0.2, -0.15) is 0 Å². The number of pyridine rings is 1. The highest BCUT2D eigenvalue weighted by atomic mass is 35.5. The van der Waals surface area contributed by atoms with Crippen LogP contribution in [0.5, 0.6) is 11.5 Å². The molecule has 1 heterocycles. The Morgan fingerprint density at radius 2 is 1.86 bits per heavy atom. The smallest absolute Gasteiger partial charge is 0.176 e. The Balaban J connectivity index is 1.80. The molecule has 7 heteroatoms.